The van der Waals surface area contributed by atoms with E-state index in [2.05, 4.69) is 10.9 Å². The Labute approximate surface area is 38.2 Å². The van der Waals surface area contributed by atoms with Crippen molar-refractivity contribution in [1.29, 1.82) is 0 Å². The van der Waals surface area contributed by atoms with Crippen LogP contribution in [0.2, 0.25) is 0 Å². The minimum atomic E-state index is 0.243. The summed E-state index contributed by atoms with van der Waals surface area (Å²) in [5, 5.41) is 5.06. The van der Waals surface area contributed by atoms with E-state index in [1.165, 1.54) is 13.0 Å². The molecule has 0 aliphatic carbocycles. The first kappa shape index (κ1) is 3.17. The van der Waals surface area contributed by atoms with Crippen LogP contribution < -0.4 is 5.09 Å². The van der Waals surface area contributed by atoms with Gasteiger partial charge in [0.15, 0.2) is 0 Å². The molecule has 0 saturated carbocycles. The van der Waals surface area contributed by atoms with Crippen LogP contribution in [0.25, 0.3) is 0 Å². The molecule has 0 aromatic heterocycles. The molecule has 0 aromatic carbocycles. The molecule has 6 heavy (non-hydrogen) atoms. The first-order chi connectivity index (χ1) is 2.97. The number of hydrogen-bond acceptors (Lipinski definition) is 1. The molecule has 2 aliphatic rings. The highest BCUT2D eigenvalue weighted by Crippen LogP contribution is 2.62. The monoisotopic (exact) mass is 99.0 g/mol. The Kier molecular flexibility index (Phi) is 0.451. The topological polar surface area (TPSA) is 12.0 Å². The average Bonchev–Trinajstić information content (AvgIpc) is 2.17. The Morgan fingerprint density at radius 3 is 3.00 bits per heavy atom. The van der Waals surface area contributed by atoms with Gasteiger partial charge < -0.3 is 0 Å². The highest BCUT2D eigenvalue weighted by atomic mass is 31.1. The van der Waals surface area contributed by atoms with Crippen LogP contribution in [0, 0.1) is 0 Å². The normalized spacial score (nSPS) is 38.7. The first-order valence-electron chi connectivity index (χ1n) is 2.20. The fraction of sp³-hybridized carbons (Fsp3) is 0.500. The third kappa shape index (κ3) is 0.275. The van der Waals surface area contributed by atoms with E-state index >= 15 is 0 Å². The molecule has 2 aliphatic heterocycles. The molecule has 1 saturated heterocycles. The van der Waals surface area contributed by atoms with E-state index in [1.807, 2.05) is 0 Å². The molecule has 2 rings (SSSR count). The predicted octanol–water partition coefficient (Wildman–Crippen LogP) is 1.23. The van der Waals surface area contributed by atoms with E-state index in [-0.39, 0.29) is 8.07 Å². The van der Waals surface area contributed by atoms with Gasteiger partial charge in [0.1, 0.15) is 0 Å². The fourth-order valence-corrected chi connectivity index (χ4v) is 2.30. The fourth-order valence-electron chi connectivity index (χ4n) is 0.757. The molecule has 1 fully saturated rings. The molecule has 1 unspecified atom stereocenters. The second kappa shape index (κ2) is 0.853. The summed E-state index contributed by atoms with van der Waals surface area (Å²) in [4.78, 5) is 0. The van der Waals surface area contributed by atoms with Gasteiger partial charge in [-0.3, -0.25) is 5.09 Å². The van der Waals surface area contributed by atoms with Crippen LogP contribution in [0.5, 0.6) is 0 Å². The molecular formula is C4H6NP. The second-order valence-electron chi connectivity index (χ2n) is 1.65. The van der Waals surface area contributed by atoms with Crippen molar-refractivity contribution in [3.63, 3.8) is 0 Å². The molecule has 2 heterocycles. The van der Waals surface area contributed by atoms with E-state index < -0.39 is 0 Å². The maximum absolute atomic E-state index is 3.37. The molecule has 0 amide bonds. The average molecular weight is 99.1 g/mol. The zero-order chi connectivity index (χ0) is 3.98. The lowest BCUT2D eigenvalue weighted by atomic mass is 10.4. The van der Waals surface area contributed by atoms with Gasteiger partial charge in [-0.1, -0.05) is 0 Å². The van der Waals surface area contributed by atoms with Gasteiger partial charge in [-0.15, -0.1) is 0 Å². The molecule has 32 valence electrons. The molecule has 2 heteroatoms. The summed E-state index contributed by atoms with van der Waals surface area (Å²) in [6, 6.07) is 0. The van der Waals surface area contributed by atoms with Gasteiger partial charge >= 0.3 is 0 Å². The second-order valence-corrected chi connectivity index (χ2v) is 3.54. The Bertz CT molecular complexity index is 108. The van der Waals surface area contributed by atoms with E-state index in [0.717, 1.165) is 0 Å². The smallest absolute Gasteiger partial charge is 0.0141 e. The van der Waals surface area contributed by atoms with E-state index in [4.69, 9.17) is 0 Å². The Morgan fingerprint density at radius 2 is 2.83 bits per heavy atom. The highest BCUT2D eigenvalue weighted by Gasteiger charge is 2.28. The van der Waals surface area contributed by atoms with Crippen LogP contribution in [-0.4, -0.2) is 6.54 Å². The zero-order valence-electron chi connectivity index (χ0n) is 3.44. The minimum Gasteiger partial charge on any atom is -0.289 e. The summed E-state index contributed by atoms with van der Waals surface area (Å²) in [5.74, 6) is 2.35. The van der Waals surface area contributed by atoms with Gasteiger partial charge in [0.05, 0.1) is 0 Å². The molecule has 0 bridgehead atoms. The summed E-state index contributed by atoms with van der Waals surface area (Å²) < 4.78 is 0. The summed E-state index contributed by atoms with van der Waals surface area (Å²) in [5.41, 5.74) is 0. The Morgan fingerprint density at radius 1 is 1.83 bits per heavy atom. The Hall–Kier alpha value is 0.130. The third-order valence-electron chi connectivity index (χ3n) is 1.18. The number of rotatable bonds is 0. The van der Waals surface area contributed by atoms with E-state index in [1.54, 1.807) is 5.31 Å². The van der Waals surface area contributed by atoms with Crippen molar-refractivity contribution in [3.05, 3.63) is 11.1 Å². The van der Waals surface area contributed by atoms with Crippen LogP contribution in [0.1, 0.15) is 6.42 Å². The van der Waals surface area contributed by atoms with Crippen LogP contribution in [0.15, 0.2) is 11.1 Å². The van der Waals surface area contributed by atoms with Gasteiger partial charge in [0.25, 0.3) is 0 Å². The number of fused-ring (bicyclic) bond motifs is 1. The predicted molar refractivity (Wildman–Crippen MR) is 27.6 cm³/mol. The van der Waals surface area contributed by atoms with Crippen LogP contribution in [-0.2, 0) is 0 Å². The van der Waals surface area contributed by atoms with Gasteiger partial charge in [0.2, 0.25) is 0 Å². The van der Waals surface area contributed by atoms with E-state index in [9.17, 15) is 0 Å². The Balaban J connectivity index is 2.22. The van der Waals surface area contributed by atoms with Crippen LogP contribution >= 0.6 is 8.07 Å². The lowest BCUT2D eigenvalue weighted by Crippen LogP contribution is -1.94. The quantitative estimate of drug-likeness (QED) is 0.450. The summed E-state index contributed by atoms with van der Waals surface area (Å²) in [6.07, 6.45) is 1.34. The molecule has 0 radical (unpaired) electrons. The molecule has 0 spiro atoms. The summed E-state index contributed by atoms with van der Waals surface area (Å²) in [6.45, 7) is 1.25. The SMILES string of the molecule is C1=C2CCNP12. The lowest BCUT2D eigenvalue weighted by Gasteiger charge is -1.84. The van der Waals surface area contributed by atoms with Crippen molar-refractivity contribution < 1.29 is 0 Å². The van der Waals surface area contributed by atoms with Crippen LogP contribution in [0.4, 0.5) is 0 Å². The van der Waals surface area contributed by atoms with Crippen molar-refractivity contribution in [1.82, 2.24) is 5.09 Å². The summed E-state index contributed by atoms with van der Waals surface area (Å²) >= 11 is 0. The minimum absolute atomic E-state index is 0.243. The zero-order valence-corrected chi connectivity index (χ0v) is 4.33. The first-order valence-corrected chi connectivity index (χ1v) is 3.61. The lowest BCUT2D eigenvalue weighted by molar-refractivity contribution is 0.963. The van der Waals surface area contributed by atoms with Crippen LogP contribution in [0.3, 0.4) is 0 Å². The highest BCUT2D eigenvalue weighted by molar-refractivity contribution is 7.70. The van der Waals surface area contributed by atoms with Gasteiger partial charge in [-0.05, 0) is 17.6 Å². The van der Waals surface area contributed by atoms with Crippen molar-refractivity contribution >= 4 is 8.07 Å². The standard InChI is InChI=1S/C4H6NP/c1-2-5-6-3-4(1)6/h3,5H,1-2H2. The van der Waals surface area contributed by atoms with Gasteiger partial charge in [-0.25, -0.2) is 0 Å². The summed E-state index contributed by atoms with van der Waals surface area (Å²) in [7, 11) is 0.243. The number of nitrogens with one attached hydrogen (secondary N) is 1. The maximum atomic E-state index is 3.37. The molecular weight excluding hydrogens is 93.0 g/mol. The van der Waals surface area contributed by atoms with Gasteiger partial charge in [-0.2, -0.15) is 0 Å². The maximum Gasteiger partial charge on any atom is 0.0141 e. The van der Waals surface area contributed by atoms with E-state index in [0.29, 0.717) is 0 Å². The number of hydrogen-bond donors (Lipinski definition) is 1. The molecule has 1 N–H and O–H groups in total. The molecule has 1 atom stereocenters. The largest absolute Gasteiger partial charge is 0.289 e. The van der Waals surface area contributed by atoms with Crippen molar-refractivity contribution in [2.24, 2.45) is 0 Å². The van der Waals surface area contributed by atoms with Crippen molar-refractivity contribution in [2.45, 2.75) is 6.42 Å². The molecule has 0 aromatic rings. The molecule has 1 nitrogen and oxygen atoms in total. The van der Waals surface area contributed by atoms with Crippen molar-refractivity contribution in [2.75, 3.05) is 6.54 Å². The third-order valence-corrected chi connectivity index (χ3v) is 3.01. The van der Waals surface area contributed by atoms with Crippen molar-refractivity contribution in [3.8, 4) is 0 Å². The van der Waals surface area contributed by atoms with Gasteiger partial charge in [0, 0.05) is 14.6 Å².